The smallest absolute Gasteiger partial charge is 0.225 e. The third-order valence-corrected chi connectivity index (χ3v) is 3.56. The standard InChI is InChI=1S/C14H27N3O2.ClH/c1-14(2,3)13(19)16-10-7-12(18)17(4)11-5-8-15-9-6-11;/h11,15H,5-10H2,1-4H3,(H,16,19);1H. The molecular formula is C14H28ClN3O2. The van der Waals surface area contributed by atoms with Crippen LogP contribution in [0.2, 0.25) is 0 Å². The van der Waals surface area contributed by atoms with Crippen LogP contribution >= 0.6 is 12.4 Å². The van der Waals surface area contributed by atoms with Crippen LogP contribution in [-0.2, 0) is 9.59 Å². The van der Waals surface area contributed by atoms with Gasteiger partial charge in [-0.25, -0.2) is 0 Å². The molecule has 2 N–H and O–H groups in total. The SMILES string of the molecule is CN(C(=O)CCNC(=O)C(C)(C)C)C1CCNCC1.Cl. The molecule has 0 bridgehead atoms. The number of carbonyl (C=O) groups is 2. The second-order valence-corrected chi connectivity index (χ2v) is 6.24. The summed E-state index contributed by atoms with van der Waals surface area (Å²) in [6.07, 6.45) is 2.40. The Balaban J connectivity index is 0.00000361. The summed E-state index contributed by atoms with van der Waals surface area (Å²) in [5.74, 6) is 0.103. The summed E-state index contributed by atoms with van der Waals surface area (Å²) in [6, 6.07) is 0.340. The lowest BCUT2D eigenvalue weighted by atomic mass is 9.96. The molecule has 0 unspecified atom stereocenters. The van der Waals surface area contributed by atoms with E-state index in [0.717, 1.165) is 25.9 Å². The van der Waals surface area contributed by atoms with Crippen LogP contribution in [0.25, 0.3) is 0 Å². The number of amides is 2. The van der Waals surface area contributed by atoms with E-state index in [4.69, 9.17) is 0 Å². The lowest BCUT2D eigenvalue weighted by Crippen LogP contribution is -2.45. The molecule has 1 fully saturated rings. The van der Waals surface area contributed by atoms with E-state index in [1.165, 1.54) is 0 Å². The summed E-state index contributed by atoms with van der Waals surface area (Å²) in [5.41, 5.74) is -0.399. The van der Waals surface area contributed by atoms with Crippen molar-refractivity contribution in [2.45, 2.75) is 46.1 Å². The van der Waals surface area contributed by atoms with Gasteiger partial charge in [-0.1, -0.05) is 20.8 Å². The maximum Gasteiger partial charge on any atom is 0.225 e. The Morgan fingerprint density at radius 3 is 2.30 bits per heavy atom. The summed E-state index contributed by atoms with van der Waals surface area (Å²) in [7, 11) is 1.86. The van der Waals surface area contributed by atoms with E-state index in [-0.39, 0.29) is 24.2 Å². The first kappa shape index (κ1) is 19.2. The summed E-state index contributed by atoms with van der Waals surface area (Å²) in [4.78, 5) is 25.5. The molecule has 6 heteroatoms. The Morgan fingerprint density at radius 1 is 1.25 bits per heavy atom. The summed E-state index contributed by atoms with van der Waals surface area (Å²) in [5, 5.41) is 6.10. The second kappa shape index (κ2) is 8.47. The molecule has 0 saturated carbocycles. The molecule has 0 aliphatic carbocycles. The van der Waals surface area contributed by atoms with Crippen LogP contribution in [0.15, 0.2) is 0 Å². The van der Waals surface area contributed by atoms with Crippen LogP contribution in [0.5, 0.6) is 0 Å². The van der Waals surface area contributed by atoms with E-state index in [2.05, 4.69) is 10.6 Å². The van der Waals surface area contributed by atoms with E-state index >= 15 is 0 Å². The zero-order valence-corrected chi connectivity index (χ0v) is 13.8. The second-order valence-electron chi connectivity index (χ2n) is 6.24. The molecule has 1 heterocycles. The van der Waals surface area contributed by atoms with Gasteiger partial charge in [-0.05, 0) is 25.9 Å². The Morgan fingerprint density at radius 2 is 1.80 bits per heavy atom. The number of hydrogen-bond acceptors (Lipinski definition) is 3. The number of nitrogens with one attached hydrogen (secondary N) is 2. The molecule has 0 aromatic carbocycles. The van der Waals surface area contributed by atoms with E-state index in [1.807, 2.05) is 32.7 Å². The molecule has 0 aromatic rings. The first-order chi connectivity index (χ1) is 8.82. The number of carbonyl (C=O) groups excluding carboxylic acids is 2. The van der Waals surface area contributed by atoms with Gasteiger partial charge in [0.15, 0.2) is 0 Å². The minimum atomic E-state index is -0.399. The molecule has 0 atom stereocenters. The predicted molar refractivity (Wildman–Crippen MR) is 83.0 cm³/mol. The molecule has 0 spiro atoms. The maximum absolute atomic E-state index is 12.0. The normalized spacial score (nSPS) is 16.2. The van der Waals surface area contributed by atoms with Gasteiger partial charge >= 0.3 is 0 Å². The lowest BCUT2D eigenvalue weighted by Gasteiger charge is -2.31. The zero-order chi connectivity index (χ0) is 14.5. The topological polar surface area (TPSA) is 61.4 Å². The van der Waals surface area contributed by atoms with Gasteiger partial charge < -0.3 is 15.5 Å². The van der Waals surface area contributed by atoms with Crippen LogP contribution in [0.3, 0.4) is 0 Å². The third kappa shape index (κ3) is 6.09. The minimum Gasteiger partial charge on any atom is -0.355 e. The van der Waals surface area contributed by atoms with Crippen molar-refractivity contribution in [1.29, 1.82) is 0 Å². The van der Waals surface area contributed by atoms with Gasteiger partial charge in [0.05, 0.1) is 0 Å². The van der Waals surface area contributed by atoms with Crippen molar-refractivity contribution in [3.05, 3.63) is 0 Å². The molecule has 1 aliphatic rings. The van der Waals surface area contributed by atoms with Gasteiger partial charge in [0, 0.05) is 31.5 Å². The molecular weight excluding hydrogens is 278 g/mol. The van der Waals surface area contributed by atoms with Crippen molar-refractivity contribution in [2.75, 3.05) is 26.7 Å². The molecule has 118 valence electrons. The van der Waals surface area contributed by atoms with Gasteiger partial charge in [-0.3, -0.25) is 9.59 Å². The molecule has 1 saturated heterocycles. The molecule has 2 amide bonds. The molecule has 1 aliphatic heterocycles. The largest absolute Gasteiger partial charge is 0.355 e. The van der Waals surface area contributed by atoms with Crippen LogP contribution < -0.4 is 10.6 Å². The number of piperidine rings is 1. The highest BCUT2D eigenvalue weighted by atomic mass is 35.5. The van der Waals surface area contributed by atoms with Crippen LogP contribution in [-0.4, -0.2) is 49.4 Å². The maximum atomic E-state index is 12.0. The van der Waals surface area contributed by atoms with Crippen LogP contribution in [0.4, 0.5) is 0 Å². The average Bonchev–Trinajstić information content (AvgIpc) is 2.37. The molecule has 0 aromatic heterocycles. The predicted octanol–water partition coefficient (Wildman–Crippen LogP) is 1.17. The van der Waals surface area contributed by atoms with Crippen LogP contribution in [0.1, 0.15) is 40.0 Å². The van der Waals surface area contributed by atoms with Crippen molar-refractivity contribution in [1.82, 2.24) is 15.5 Å². The fourth-order valence-corrected chi connectivity index (χ4v) is 2.12. The Bertz CT molecular complexity index is 323. The van der Waals surface area contributed by atoms with Gasteiger partial charge in [0.1, 0.15) is 0 Å². The van der Waals surface area contributed by atoms with E-state index in [9.17, 15) is 9.59 Å². The fraction of sp³-hybridized carbons (Fsp3) is 0.857. The highest BCUT2D eigenvalue weighted by Crippen LogP contribution is 2.13. The van der Waals surface area contributed by atoms with Crippen molar-refractivity contribution in [3.8, 4) is 0 Å². The lowest BCUT2D eigenvalue weighted by molar-refractivity contribution is -0.132. The van der Waals surface area contributed by atoms with Gasteiger partial charge in [-0.2, -0.15) is 0 Å². The Kier molecular flexibility index (Phi) is 8.13. The number of halogens is 1. The number of nitrogens with zero attached hydrogens (tertiary/aromatic N) is 1. The van der Waals surface area contributed by atoms with Crippen molar-refractivity contribution in [2.24, 2.45) is 5.41 Å². The number of hydrogen-bond donors (Lipinski definition) is 2. The summed E-state index contributed by atoms with van der Waals surface area (Å²) in [6.45, 7) is 7.97. The van der Waals surface area contributed by atoms with Gasteiger partial charge in [0.2, 0.25) is 11.8 Å². The summed E-state index contributed by atoms with van der Waals surface area (Å²) < 4.78 is 0. The first-order valence-corrected chi connectivity index (χ1v) is 7.07. The number of rotatable bonds is 4. The van der Waals surface area contributed by atoms with Crippen molar-refractivity contribution >= 4 is 24.2 Å². The quantitative estimate of drug-likeness (QED) is 0.820. The Hall–Kier alpha value is -0.810. The van der Waals surface area contributed by atoms with Gasteiger partial charge in [0.25, 0.3) is 0 Å². The molecule has 20 heavy (non-hydrogen) atoms. The minimum absolute atomic E-state index is 0. The van der Waals surface area contributed by atoms with E-state index in [1.54, 1.807) is 0 Å². The highest BCUT2D eigenvalue weighted by Gasteiger charge is 2.23. The molecule has 1 rings (SSSR count). The molecule has 0 radical (unpaired) electrons. The van der Waals surface area contributed by atoms with Crippen molar-refractivity contribution < 1.29 is 9.59 Å². The average molecular weight is 306 g/mol. The zero-order valence-electron chi connectivity index (χ0n) is 13.0. The van der Waals surface area contributed by atoms with Crippen molar-refractivity contribution in [3.63, 3.8) is 0 Å². The third-order valence-electron chi connectivity index (χ3n) is 3.56. The monoisotopic (exact) mass is 305 g/mol. The van der Waals surface area contributed by atoms with E-state index < -0.39 is 5.41 Å². The first-order valence-electron chi connectivity index (χ1n) is 7.07. The van der Waals surface area contributed by atoms with Crippen LogP contribution in [0, 0.1) is 5.41 Å². The Labute approximate surface area is 128 Å². The summed E-state index contributed by atoms with van der Waals surface area (Å²) >= 11 is 0. The highest BCUT2D eigenvalue weighted by molar-refractivity contribution is 5.85. The van der Waals surface area contributed by atoms with Gasteiger partial charge in [-0.15, -0.1) is 12.4 Å². The molecule has 5 nitrogen and oxygen atoms in total. The van der Waals surface area contributed by atoms with E-state index in [0.29, 0.717) is 19.0 Å². The fourth-order valence-electron chi connectivity index (χ4n) is 2.12.